The topological polar surface area (TPSA) is 40.5 Å². The Balaban J connectivity index is 2.66. The van der Waals surface area contributed by atoms with Crippen molar-refractivity contribution in [3.63, 3.8) is 0 Å². The lowest BCUT2D eigenvalue weighted by Gasteiger charge is -2.29. The Morgan fingerprint density at radius 2 is 2.42 bits per heavy atom. The number of quaternary nitrogens is 1. The monoisotopic (exact) mass is 171 g/mol. The van der Waals surface area contributed by atoms with Crippen molar-refractivity contribution in [3.8, 4) is 0 Å². The minimum atomic E-state index is -0.739. The highest BCUT2D eigenvalue weighted by Crippen LogP contribution is 2.15. The molecule has 0 saturated carbocycles. The van der Waals surface area contributed by atoms with Crippen LogP contribution >= 0.6 is 0 Å². The van der Waals surface area contributed by atoms with Crippen molar-refractivity contribution < 1.29 is 14.4 Å². The van der Waals surface area contributed by atoms with Crippen molar-refractivity contribution in [2.24, 2.45) is 0 Å². The third-order valence-electron chi connectivity index (χ3n) is 2.22. The molecule has 1 atom stereocenters. The number of rotatable bonds is 3. The maximum atomic E-state index is 10.6. The molecule has 0 fully saturated rings. The van der Waals surface area contributed by atoms with Gasteiger partial charge in [-0.25, -0.2) is 4.79 Å². The van der Waals surface area contributed by atoms with Gasteiger partial charge in [0.05, 0.1) is 12.7 Å². The van der Waals surface area contributed by atoms with Gasteiger partial charge in [0, 0.05) is 7.05 Å². The van der Waals surface area contributed by atoms with Gasteiger partial charge < -0.3 is 10.0 Å². The van der Waals surface area contributed by atoms with Crippen LogP contribution in [0.4, 0.5) is 0 Å². The Kier molecular flexibility index (Phi) is 2.38. The van der Waals surface area contributed by atoms with Crippen molar-refractivity contribution in [2.45, 2.75) is 6.92 Å². The van der Waals surface area contributed by atoms with Gasteiger partial charge in [0.15, 0.2) is 13.2 Å². The molecular formula is C8H15N2O2+. The molecule has 0 radical (unpaired) electrons. The standard InChI is InChI=1S/C8H14N2O2/c1-3-10(6-8(11)12)5-4-9(2)7-10/h4-5H,3,6-7H2,1-2H3/p+1. The minimum Gasteiger partial charge on any atom is -0.477 e. The summed E-state index contributed by atoms with van der Waals surface area (Å²) in [5.74, 6) is -0.739. The number of hydrogen-bond acceptors (Lipinski definition) is 2. The van der Waals surface area contributed by atoms with Crippen molar-refractivity contribution in [1.29, 1.82) is 0 Å². The van der Waals surface area contributed by atoms with E-state index in [0.717, 1.165) is 13.2 Å². The van der Waals surface area contributed by atoms with E-state index in [-0.39, 0.29) is 6.54 Å². The summed E-state index contributed by atoms with van der Waals surface area (Å²) in [6, 6.07) is 0. The third-order valence-corrected chi connectivity index (χ3v) is 2.22. The van der Waals surface area contributed by atoms with Gasteiger partial charge in [-0.3, -0.25) is 4.48 Å². The van der Waals surface area contributed by atoms with Crippen molar-refractivity contribution in [1.82, 2.24) is 4.90 Å². The molecule has 1 N–H and O–H groups in total. The summed E-state index contributed by atoms with van der Waals surface area (Å²) in [5, 5.41) is 8.69. The molecule has 12 heavy (non-hydrogen) atoms. The number of likely N-dealkylation sites (N-methyl/N-ethyl adjacent to an activating group) is 1. The average Bonchev–Trinajstić information content (AvgIpc) is 2.32. The number of nitrogens with zero attached hydrogens (tertiary/aromatic N) is 2. The van der Waals surface area contributed by atoms with Gasteiger partial charge in [-0.05, 0) is 6.92 Å². The number of carboxylic acid groups (broad SMARTS) is 1. The molecule has 0 bridgehead atoms. The third kappa shape index (κ3) is 1.76. The van der Waals surface area contributed by atoms with Crippen LogP contribution in [-0.2, 0) is 4.79 Å². The second-order valence-electron chi connectivity index (χ2n) is 3.28. The molecule has 68 valence electrons. The quantitative estimate of drug-likeness (QED) is 0.620. The van der Waals surface area contributed by atoms with E-state index in [9.17, 15) is 4.79 Å². The lowest BCUT2D eigenvalue weighted by atomic mass is 10.4. The van der Waals surface area contributed by atoms with Gasteiger partial charge in [-0.1, -0.05) is 0 Å². The maximum absolute atomic E-state index is 10.6. The Hall–Kier alpha value is -1.03. The van der Waals surface area contributed by atoms with E-state index < -0.39 is 5.97 Å². The Labute approximate surface area is 72.3 Å². The molecule has 0 aromatic carbocycles. The second kappa shape index (κ2) is 3.15. The molecule has 1 rings (SSSR count). The highest BCUT2D eigenvalue weighted by Gasteiger charge is 2.31. The smallest absolute Gasteiger partial charge is 0.359 e. The summed E-state index contributed by atoms with van der Waals surface area (Å²) in [4.78, 5) is 12.6. The number of aliphatic carboxylic acids is 1. The van der Waals surface area contributed by atoms with Crippen LogP contribution in [0.3, 0.4) is 0 Å². The number of hydrogen-bond donors (Lipinski definition) is 1. The lowest BCUT2D eigenvalue weighted by molar-refractivity contribution is -0.872. The summed E-state index contributed by atoms with van der Waals surface area (Å²) in [5.41, 5.74) is 0. The van der Waals surface area contributed by atoms with Gasteiger partial charge in [0.25, 0.3) is 0 Å². The summed E-state index contributed by atoms with van der Waals surface area (Å²) in [7, 11) is 1.95. The van der Waals surface area contributed by atoms with E-state index in [0.29, 0.717) is 4.48 Å². The Morgan fingerprint density at radius 3 is 2.75 bits per heavy atom. The van der Waals surface area contributed by atoms with Crippen molar-refractivity contribution >= 4 is 5.97 Å². The largest absolute Gasteiger partial charge is 0.477 e. The normalized spacial score (nSPS) is 28.0. The summed E-state index contributed by atoms with van der Waals surface area (Å²) in [6.07, 6.45) is 3.89. The van der Waals surface area contributed by atoms with Crippen LogP contribution in [0.15, 0.2) is 12.4 Å². The van der Waals surface area contributed by atoms with E-state index in [2.05, 4.69) is 0 Å². The number of carboxylic acids is 1. The molecule has 0 aliphatic carbocycles. The van der Waals surface area contributed by atoms with Gasteiger partial charge in [0.2, 0.25) is 0 Å². The predicted octanol–water partition coefficient (Wildman–Crippen LogP) is 0.282. The summed E-state index contributed by atoms with van der Waals surface area (Å²) < 4.78 is 0.534. The van der Waals surface area contributed by atoms with Gasteiger partial charge >= 0.3 is 5.97 Å². The van der Waals surface area contributed by atoms with Crippen LogP contribution in [-0.4, -0.2) is 47.3 Å². The molecule has 4 heteroatoms. The zero-order valence-corrected chi connectivity index (χ0v) is 7.53. The second-order valence-corrected chi connectivity index (χ2v) is 3.28. The fraction of sp³-hybridized carbons (Fsp3) is 0.625. The molecule has 1 unspecified atom stereocenters. The first-order valence-electron chi connectivity index (χ1n) is 4.05. The van der Waals surface area contributed by atoms with Crippen LogP contribution in [0.2, 0.25) is 0 Å². The predicted molar refractivity (Wildman–Crippen MR) is 45.1 cm³/mol. The van der Waals surface area contributed by atoms with Crippen LogP contribution < -0.4 is 0 Å². The highest BCUT2D eigenvalue weighted by atomic mass is 16.4. The molecule has 0 spiro atoms. The SMILES string of the molecule is CC[N+]1(CC(=O)O)C=CN(C)C1. The zero-order valence-electron chi connectivity index (χ0n) is 7.53. The highest BCUT2D eigenvalue weighted by molar-refractivity contribution is 5.68. The van der Waals surface area contributed by atoms with Gasteiger partial charge in [-0.15, -0.1) is 0 Å². The molecule has 0 amide bonds. The van der Waals surface area contributed by atoms with E-state index in [1.807, 2.05) is 31.3 Å². The fourth-order valence-electron chi connectivity index (χ4n) is 1.48. The van der Waals surface area contributed by atoms with E-state index in [1.54, 1.807) is 0 Å². The van der Waals surface area contributed by atoms with E-state index in [4.69, 9.17) is 5.11 Å². The fourth-order valence-corrected chi connectivity index (χ4v) is 1.48. The molecule has 0 aromatic heterocycles. The van der Waals surface area contributed by atoms with Crippen LogP contribution in [0, 0.1) is 0 Å². The van der Waals surface area contributed by atoms with Gasteiger partial charge in [0.1, 0.15) is 6.20 Å². The Morgan fingerprint density at radius 1 is 1.75 bits per heavy atom. The van der Waals surface area contributed by atoms with Crippen molar-refractivity contribution in [3.05, 3.63) is 12.4 Å². The Bertz CT molecular complexity index is 215. The first kappa shape index (κ1) is 9.06. The molecule has 0 aromatic rings. The minimum absolute atomic E-state index is 0.178. The molecule has 0 saturated heterocycles. The van der Waals surface area contributed by atoms with E-state index in [1.165, 1.54) is 0 Å². The molecule has 1 aliphatic heterocycles. The van der Waals surface area contributed by atoms with Gasteiger partial charge in [-0.2, -0.15) is 0 Å². The van der Waals surface area contributed by atoms with Crippen LogP contribution in [0.5, 0.6) is 0 Å². The van der Waals surface area contributed by atoms with Crippen LogP contribution in [0.25, 0.3) is 0 Å². The first-order valence-corrected chi connectivity index (χ1v) is 4.05. The number of carbonyl (C=O) groups is 1. The zero-order chi connectivity index (χ0) is 9.19. The summed E-state index contributed by atoms with van der Waals surface area (Å²) in [6.45, 7) is 3.78. The molecular weight excluding hydrogens is 156 g/mol. The molecule has 1 aliphatic rings. The molecule has 1 heterocycles. The lowest BCUT2D eigenvalue weighted by Crippen LogP contribution is -2.47. The molecule has 4 nitrogen and oxygen atoms in total. The van der Waals surface area contributed by atoms with Crippen molar-refractivity contribution in [2.75, 3.05) is 26.8 Å². The average molecular weight is 171 g/mol. The maximum Gasteiger partial charge on any atom is 0.359 e. The summed E-state index contributed by atoms with van der Waals surface area (Å²) >= 11 is 0. The first-order chi connectivity index (χ1) is 5.58. The van der Waals surface area contributed by atoms with E-state index >= 15 is 0 Å². The van der Waals surface area contributed by atoms with Crippen LogP contribution in [0.1, 0.15) is 6.92 Å².